The molecule has 0 saturated heterocycles. The van der Waals surface area contributed by atoms with Crippen molar-refractivity contribution >= 4 is 35.0 Å². The Morgan fingerprint density at radius 2 is 1.75 bits per heavy atom. The second-order valence-corrected chi connectivity index (χ2v) is 5.73. The highest BCUT2D eigenvalue weighted by Crippen LogP contribution is 2.16. The Balaban J connectivity index is 1.84. The summed E-state index contributed by atoms with van der Waals surface area (Å²) < 4.78 is 13.4. The molecule has 0 bridgehead atoms. The van der Waals surface area contributed by atoms with E-state index in [2.05, 4.69) is 15.6 Å². The van der Waals surface area contributed by atoms with E-state index in [1.165, 1.54) is 30.3 Å². The molecule has 0 spiro atoms. The van der Waals surface area contributed by atoms with E-state index in [1.54, 1.807) is 6.92 Å². The lowest BCUT2D eigenvalue weighted by Gasteiger charge is -2.08. The van der Waals surface area contributed by atoms with Gasteiger partial charge in [0.25, 0.3) is 11.8 Å². The minimum absolute atomic E-state index is 0.0103. The van der Waals surface area contributed by atoms with E-state index in [0.717, 1.165) is 0 Å². The van der Waals surface area contributed by atoms with Crippen LogP contribution in [0.5, 0.6) is 0 Å². The Kier molecular flexibility index (Phi) is 6.11. The van der Waals surface area contributed by atoms with Gasteiger partial charge in [-0.05, 0) is 36.8 Å². The summed E-state index contributed by atoms with van der Waals surface area (Å²) in [7, 11) is 0. The van der Waals surface area contributed by atoms with Gasteiger partial charge in [-0.1, -0.05) is 29.3 Å². The predicted molar refractivity (Wildman–Crippen MR) is 90.1 cm³/mol. The van der Waals surface area contributed by atoms with E-state index in [4.69, 9.17) is 23.2 Å². The van der Waals surface area contributed by atoms with E-state index in [9.17, 15) is 14.0 Å². The fourth-order valence-corrected chi connectivity index (χ4v) is 2.19. The minimum atomic E-state index is -0.502. The molecule has 0 aliphatic rings. The lowest BCUT2D eigenvalue weighted by molar-refractivity contribution is 0.0925. The molecule has 8 heteroatoms. The molecule has 0 unspecified atom stereocenters. The third kappa shape index (κ3) is 4.66. The highest BCUT2D eigenvalue weighted by Gasteiger charge is 2.13. The highest BCUT2D eigenvalue weighted by molar-refractivity contribution is 6.34. The van der Waals surface area contributed by atoms with E-state index in [1.807, 2.05) is 0 Å². The van der Waals surface area contributed by atoms with Gasteiger partial charge in [-0.3, -0.25) is 9.59 Å². The van der Waals surface area contributed by atoms with Crippen molar-refractivity contribution in [1.82, 2.24) is 15.6 Å². The van der Waals surface area contributed by atoms with Crippen LogP contribution in [0.15, 0.2) is 30.3 Å². The second-order valence-electron chi connectivity index (χ2n) is 4.94. The topological polar surface area (TPSA) is 71.1 Å². The first-order chi connectivity index (χ1) is 11.4. The first-order valence-corrected chi connectivity index (χ1v) is 7.78. The summed E-state index contributed by atoms with van der Waals surface area (Å²) in [5, 5.41) is 5.47. The van der Waals surface area contributed by atoms with Gasteiger partial charge in [0, 0.05) is 18.7 Å². The zero-order chi connectivity index (χ0) is 17.7. The third-order valence-electron chi connectivity index (χ3n) is 3.16. The number of nitrogens with zero attached hydrogens (tertiary/aromatic N) is 1. The van der Waals surface area contributed by atoms with Crippen LogP contribution in [0.4, 0.5) is 4.39 Å². The van der Waals surface area contributed by atoms with Gasteiger partial charge in [0.05, 0.1) is 5.02 Å². The molecule has 2 N–H and O–H groups in total. The van der Waals surface area contributed by atoms with Gasteiger partial charge in [0.2, 0.25) is 0 Å². The smallest absolute Gasteiger partial charge is 0.271 e. The molecule has 0 fully saturated rings. The number of halogens is 3. The molecule has 0 aliphatic heterocycles. The summed E-state index contributed by atoms with van der Waals surface area (Å²) in [5.74, 6) is -1.38. The van der Waals surface area contributed by atoms with Crippen molar-refractivity contribution in [2.24, 2.45) is 0 Å². The number of carbonyl (C=O) groups excluding carboxylic acids is 2. The van der Waals surface area contributed by atoms with Crippen LogP contribution in [0.3, 0.4) is 0 Å². The maximum atomic E-state index is 13.4. The van der Waals surface area contributed by atoms with Crippen molar-refractivity contribution in [2.45, 2.75) is 6.92 Å². The molecule has 126 valence electrons. The largest absolute Gasteiger partial charge is 0.350 e. The van der Waals surface area contributed by atoms with Gasteiger partial charge < -0.3 is 10.6 Å². The molecular formula is C16H14Cl2FN3O2. The van der Waals surface area contributed by atoms with Gasteiger partial charge in [0.15, 0.2) is 0 Å². The number of hydrogen-bond donors (Lipinski definition) is 2. The zero-order valence-electron chi connectivity index (χ0n) is 12.7. The summed E-state index contributed by atoms with van der Waals surface area (Å²) in [6.45, 7) is 1.93. The molecule has 0 saturated carbocycles. The molecule has 1 heterocycles. The van der Waals surface area contributed by atoms with E-state index in [-0.39, 0.29) is 34.5 Å². The molecule has 24 heavy (non-hydrogen) atoms. The Morgan fingerprint density at radius 3 is 2.42 bits per heavy atom. The molecule has 1 aromatic carbocycles. The number of amides is 2. The third-order valence-corrected chi connectivity index (χ3v) is 3.67. The number of rotatable bonds is 5. The lowest BCUT2D eigenvalue weighted by atomic mass is 10.1. The van der Waals surface area contributed by atoms with Crippen LogP contribution >= 0.6 is 23.2 Å². The number of aryl methyl sites for hydroxylation is 1. The lowest BCUT2D eigenvalue weighted by Crippen LogP contribution is -2.35. The average molecular weight is 370 g/mol. The van der Waals surface area contributed by atoms with Crippen molar-refractivity contribution in [2.75, 3.05) is 13.1 Å². The van der Waals surface area contributed by atoms with Crippen molar-refractivity contribution in [3.63, 3.8) is 0 Å². The summed E-state index contributed by atoms with van der Waals surface area (Å²) in [6.07, 6.45) is 0. The molecule has 0 atom stereocenters. The SMILES string of the molecule is Cc1ccc(C(=O)NCCNC(=O)c2nc(Cl)ccc2Cl)cc1F. The monoisotopic (exact) mass is 369 g/mol. The molecule has 0 aliphatic carbocycles. The first-order valence-electron chi connectivity index (χ1n) is 7.03. The Labute approximate surface area is 148 Å². The Hall–Kier alpha value is -2.18. The van der Waals surface area contributed by atoms with Crippen LogP contribution in [0.2, 0.25) is 10.2 Å². The minimum Gasteiger partial charge on any atom is -0.350 e. The zero-order valence-corrected chi connectivity index (χ0v) is 14.2. The highest BCUT2D eigenvalue weighted by atomic mass is 35.5. The fourth-order valence-electron chi connectivity index (χ4n) is 1.85. The molecule has 2 rings (SSSR count). The number of carbonyl (C=O) groups is 2. The maximum absolute atomic E-state index is 13.4. The Morgan fingerprint density at radius 1 is 1.08 bits per heavy atom. The van der Waals surface area contributed by atoms with Crippen LogP contribution in [0.1, 0.15) is 26.4 Å². The molecule has 0 radical (unpaired) electrons. The number of hydrogen-bond acceptors (Lipinski definition) is 3. The van der Waals surface area contributed by atoms with Crippen molar-refractivity contribution in [1.29, 1.82) is 0 Å². The van der Waals surface area contributed by atoms with Gasteiger partial charge in [-0.2, -0.15) is 0 Å². The summed E-state index contributed by atoms with van der Waals surface area (Å²) in [6, 6.07) is 7.17. The molecular weight excluding hydrogens is 356 g/mol. The van der Waals surface area contributed by atoms with E-state index < -0.39 is 17.6 Å². The van der Waals surface area contributed by atoms with Crippen LogP contribution in [-0.4, -0.2) is 29.9 Å². The number of aromatic nitrogens is 1. The second kappa shape index (κ2) is 8.08. The number of benzene rings is 1. The molecule has 2 amide bonds. The molecule has 5 nitrogen and oxygen atoms in total. The normalized spacial score (nSPS) is 10.3. The first kappa shape index (κ1) is 18.2. The van der Waals surface area contributed by atoms with Gasteiger partial charge in [-0.25, -0.2) is 9.37 Å². The summed E-state index contributed by atoms with van der Waals surface area (Å²) in [4.78, 5) is 27.7. The Bertz CT molecular complexity index is 784. The fraction of sp³-hybridized carbons (Fsp3) is 0.188. The van der Waals surface area contributed by atoms with Crippen LogP contribution < -0.4 is 10.6 Å². The maximum Gasteiger partial charge on any atom is 0.271 e. The quantitative estimate of drug-likeness (QED) is 0.628. The van der Waals surface area contributed by atoms with Crippen LogP contribution in [-0.2, 0) is 0 Å². The van der Waals surface area contributed by atoms with Gasteiger partial charge >= 0.3 is 0 Å². The standard InChI is InChI=1S/C16H14Cl2FN3O2/c1-9-2-3-10(8-12(9)19)15(23)20-6-7-21-16(24)14-11(17)4-5-13(18)22-14/h2-5,8H,6-7H2,1H3,(H,20,23)(H,21,24). The molecule has 1 aromatic heterocycles. The summed E-state index contributed by atoms with van der Waals surface area (Å²) in [5.41, 5.74) is 0.685. The van der Waals surface area contributed by atoms with Gasteiger partial charge in [0.1, 0.15) is 16.7 Å². The van der Waals surface area contributed by atoms with Gasteiger partial charge in [-0.15, -0.1) is 0 Å². The average Bonchev–Trinajstić information content (AvgIpc) is 2.55. The van der Waals surface area contributed by atoms with Crippen molar-refractivity contribution in [3.8, 4) is 0 Å². The van der Waals surface area contributed by atoms with Crippen LogP contribution in [0.25, 0.3) is 0 Å². The van der Waals surface area contributed by atoms with Crippen molar-refractivity contribution < 1.29 is 14.0 Å². The predicted octanol–water partition coefficient (Wildman–Crippen LogP) is 3.00. The summed E-state index contributed by atoms with van der Waals surface area (Å²) >= 11 is 11.6. The number of pyridine rings is 1. The van der Waals surface area contributed by atoms with Crippen molar-refractivity contribution in [3.05, 3.63) is 63.1 Å². The van der Waals surface area contributed by atoms with Crippen LogP contribution in [0, 0.1) is 12.7 Å². The molecule has 2 aromatic rings. The van der Waals surface area contributed by atoms with E-state index in [0.29, 0.717) is 5.56 Å². The number of nitrogens with one attached hydrogen (secondary N) is 2. The van der Waals surface area contributed by atoms with E-state index >= 15 is 0 Å².